The Kier molecular flexibility index (Phi) is 8.99. The van der Waals surface area contributed by atoms with Crippen LogP contribution in [0.3, 0.4) is 0 Å². The van der Waals surface area contributed by atoms with Crippen molar-refractivity contribution in [3.8, 4) is 0 Å². The number of alkyl carbamates (subject to hydrolysis) is 1. The third-order valence-corrected chi connectivity index (χ3v) is 5.94. The Bertz CT molecular complexity index is 1200. The lowest BCUT2D eigenvalue weighted by Gasteiger charge is -2.27. The fourth-order valence-corrected chi connectivity index (χ4v) is 4.00. The Morgan fingerprint density at radius 3 is 2.14 bits per heavy atom. The molecule has 37 heavy (non-hydrogen) atoms. The molecule has 1 unspecified atom stereocenters. The van der Waals surface area contributed by atoms with E-state index in [1.807, 2.05) is 30.3 Å². The average Bonchev–Trinajstić information content (AvgIpc) is 2.86. The molecular formula is C29H34N2O6. The molecule has 0 radical (unpaired) electrons. The van der Waals surface area contributed by atoms with Crippen LogP contribution in [0.4, 0.5) is 4.79 Å². The summed E-state index contributed by atoms with van der Waals surface area (Å²) in [5, 5.41) is 5.37. The van der Waals surface area contributed by atoms with Crippen molar-refractivity contribution in [2.45, 2.75) is 65.4 Å². The number of carbonyl (C=O) groups is 4. The van der Waals surface area contributed by atoms with Gasteiger partial charge in [0.15, 0.2) is 11.6 Å². The minimum atomic E-state index is -1.04. The highest BCUT2D eigenvalue weighted by molar-refractivity contribution is 6.26. The molecule has 0 saturated heterocycles. The fourth-order valence-electron chi connectivity index (χ4n) is 4.00. The summed E-state index contributed by atoms with van der Waals surface area (Å²) in [4.78, 5) is 51.3. The van der Waals surface area contributed by atoms with Crippen LogP contribution >= 0.6 is 0 Å². The van der Waals surface area contributed by atoms with E-state index in [0.717, 1.165) is 5.56 Å². The molecule has 0 heterocycles. The zero-order valence-corrected chi connectivity index (χ0v) is 21.9. The van der Waals surface area contributed by atoms with E-state index < -0.39 is 29.7 Å². The number of ether oxygens (including phenoxy) is 2. The van der Waals surface area contributed by atoms with Gasteiger partial charge in [-0.2, -0.15) is 0 Å². The maximum Gasteiger partial charge on any atom is 0.408 e. The van der Waals surface area contributed by atoms with E-state index in [4.69, 9.17) is 9.47 Å². The topological polar surface area (TPSA) is 111 Å². The predicted octanol–water partition coefficient (Wildman–Crippen LogP) is 4.39. The molecule has 1 aliphatic rings. The van der Waals surface area contributed by atoms with Gasteiger partial charge in [-0.25, -0.2) is 4.79 Å². The third-order valence-electron chi connectivity index (χ3n) is 5.94. The molecule has 8 heteroatoms. The van der Waals surface area contributed by atoms with Crippen LogP contribution in [0.25, 0.3) is 0 Å². The predicted molar refractivity (Wildman–Crippen MR) is 139 cm³/mol. The highest BCUT2D eigenvalue weighted by Gasteiger charge is 2.31. The lowest BCUT2D eigenvalue weighted by Crippen LogP contribution is -2.54. The molecule has 0 fully saturated rings. The summed E-state index contributed by atoms with van der Waals surface area (Å²) in [5.41, 5.74) is 1.69. The van der Waals surface area contributed by atoms with Crippen LogP contribution in [0.1, 0.15) is 67.3 Å². The normalized spacial score (nSPS) is 15.1. The largest absolute Gasteiger partial charge is 0.444 e. The first kappa shape index (κ1) is 27.8. The molecule has 2 atom stereocenters. The van der Waals surface area contributed by atoms with Gasteiger partial charge in [-0.1, -0.05) is 54.6 Å². The zero-order chi connectivity index (χ0) is 27.2. The SMILES string of the molecule is CC1=C(CCNC(=O)[C@H](NC(=O)OC(C)(C)C)C(C)OCc2ccccc2)C(=O)c2ccccc2C1=O. The van der Waals surface area contributed by atoms with Crippen molar-refractivity contribution >= 4 is 23.6 Å². The van der Waals surface area contributed by atoms with Crippen molar-refractivity contribution in [2.75, 3.05) is 6.54 Å². The molecule has 2 aromatic rings. The van der Waals surface area contributed by atoms with E-state index in [0.29, 0.717) is 22.3 Å². The van der Waals surface area contributed by atoms with Crippen LogP contribution in [0.15, 0.2) is 65.7 Å². The maximum atomic E-state index is 13.1. The molecule has 2 N–H and O–H groups in total. The van der Waals surface area contributed by atoms with Crippen LogP contribution in [0, 0.1) is 0 Å². The molecule has 2 aromatic carbocycles. The molecule has 0 aliphatic heterocycles. The summed E-state index contributed by atoms with van der Waals surface area (Å²) in [6.07, 6.45) is -1.25. The summed E-state index contributed by atoms with van der Waals surface area (Å²) in [5.74, 6) is -0.895. The van der Waals surface area contributed by atoms with Crippen LogP contribution < -0.4 is 10.6 Å². The van der Waals surface area contributed by atoms with Gasteiger partial charge in [0.1, 0.15) is 11.6 Å². The number of carbonyl (C=O) groups excluding carboxylic acids is 4. The number of amides is 2. The standard InChI is InChI=1S/C29H34N2O6/c1-18-21(26(33)23-14-10-9-13-22(23)25(18)32)15-16-30-27(34)24(31-28(35)37-29(3,4)5)19(2)36-17-20-11-7-6-8-12-20/h6-14,19,24H,15-17H2,1-5H3,(H,30,34)(H,31,35)/t19?,24-/m1/s1. The van der Waals surface area contributed by atoms with Gasteiger partial charge >= 0.3 is 6.09 Å². The van der Waals surface area contributed by atoms with Crippen molar-refractivity contribution in [1.82, 2.24) is 10.6 Å². The number of Topliss-reactive ketones (excluding diaryl/α,β-unsaturated/α-hetero) is 2. The fraction of sp³-hybridized carbons (Fsp3) is 0.379. The second kappa shape index (κ2) is 12.0. The van der Waals surface area contributed by atoms with E-state index in [9.17, 15) is 19.2 Å². The quantitative estimate of drug-likeness (QED) is 0.522. The summed E-state index contributed by atoms with van der Waals surface area (Å²) in [7, 11) is 0. The number of hydrogen-bond donors (Lipinski definition) is 2. The molecule has 0 spiro atoms. The summed E-state index contributed by atoms with van der Waals surface area (Å²) < 4.78 is 11.2. The average molecular weight is 507 g/mol. The second-order valence-electron chi connectivity index (χ2n) is 9.97. The van der Waals surface area contributed by atoms with Crippen LogP contribution in [0.5, 0.6) is 0 Å². The molecule has 3 rings (SSSR count). The van der Waals surface area contributed by atoms with Gasteiger partial charge in [-0.05, 0) is 46.6 Å². The minimum Gasteiger partial charge on any atom is -0.444 e. The highest BCUT2D eigenvalue weighted by Crippen LogP contribution is 2.27. The van der Waals surface area contributed by atoms with Crippen LogP contribution in [-0.2, 0) is 20.9 Å². The van der Waals surface area contributed by atoms with Gasteiger partial charge in [0.25, 0.3) is 0 Å². The molecular weight excluding hydrogens is 472 g/mol. The maximum absolute atomic E-state index is 13.1. The number of rotatable bonds is 9. The van der Waals surface area contributed by atoms with E-state index in [1.165, 1.54) is 0 Å². The first-order valence-corrected chi connectivity index (χ1v) is 12.3. The van der Waals surface area contributed by atoms with E-state index in [2.05, 4.69) is 10.6 Å². The molecule has 0 bridgehead atoms. The van der Waals surface area contributed by atoms with Crippen molar-refractivity contribution in [3.05, 3.63) is 82.4 Å². The van der Waals surface area contributed by atoms with Crippen molar-refractivity contribution in [1.29, 1.82) is 0 Å². The van der Waals surface area contributed by atoms with Gasteiger partial charge < -0.3 is 20.1 Å². The van der Waals surface area contributed by atoms with Gasteiger partial charge in [-0.3, -0.25) is 14.4 Å². The van der Waals surface area contributed by atoms with Gasteiger partial charge in [0.05, 0.1) is 12.7 Å². The molecule has 8 nitrogen and oxygen atoms in total. The first-order chi connectivity index (χ1) is 17.5. The minimum absolute atomic E-state index is 0.102. The Balaban J connectivity index is 1.67. The Labute approximate surface area is 217 Å². The van der Waals surface area contributed by atoms with E-state index in [1.54, 1.807) is 58.9 Å². The summed E-state index contributed by atoms with van der Waals surface area (Å²) >= 11 is 0. The lowest BCUT2D eigenvalue weighted by molar-refractivity contribution is -0.127. The van der Waals surface area contributed by atoms with Crippen molar-refractivity contribution in [2.24, 2.45) is 0 Å². The third kappa shape index (κ3) is 7.36. The Morgan fingerprint density at radius 2 is 1.51 bits per heavy atom. The van der Waals surface area contributed by atoms with Crippen LogP contribution in [-0.4, -0.2) is 47.9 Å². The van der Waals surface area contributed by atoms with E-state index in [-0.39, 0.29) is 31.1 Å². The number of nitrogens with one attached hydrogen (secondary N) is 2. The highest BCUT2D eigenvalue weighted by atomic mass is 16.6. The smallest absolute Gasteiger partial charge is 0.408 e. The summed E-state index contributed by atoms with van der Waals surface area (Å²) in [6.45, 7) is 8.86. The monoisotopic (exact) mass is 506 g/mol. The van der Waals surface area contributed by atoms with Gasteiger partial charge in [-0.15, -0.1) is 0 Å². The Morgan fingerprint density at radius 1 is 0.919 bits per heavy atom. The molecule has 2 amide bonds. The van der Waals surface area contributed by atoms with Gasteiger partial charge in [0, 0.05) is 28.8 Å². The van der Waals surface area contributed by atoms with Crippen LogP contribution in [0.2, 0.25) is 0 Å². The lowest BCUT2D eigenvalue weighted by atomic mass is 9.83. The molecule has 0 saturated carbocycles. The number of fused-ring (bicyclic) bond motifs is 1. The first-order valence-electron chi connectivity index (χ1n) is 12.3. The molecule has 196 valence electrons. The number of benzene rings is 2. The van der Waals surface area contributed by atoms with Crippen molar-refractivity contribution < 1.29 is 28.7 Å². The number of hydrogen-bond acceptors (Lipinski definition) is 6. The number of allylic oxidation sites excluding steroid dienone is 1. The molecule has 1 aliphatic carbocycles. The van der Waals surface area contributed by atoms with Gasteiger partial charge in [0.2, 0.25) is 5.91 Å². The van der Waals surface area contributed by atoms with E-state index >= 15 is 0 Å². The second-order valence-corrected chi connectivity index (χ2v) is 9.97. The molecule has 0 aromatic heterocycles. The summed E-state index contributed by atoms with van der Waals surface area (Å²) in [6, 6.07) is 15.1. The zero-order valence-electron chi connectivity index (χ0n) is 21.9. The number of ketones is 2. The Hall–Kier alpha value is -3.78. The van der Waals surface area contributed by atoms with Crippen molar-refractivity contribution in [3.63, 3.8) is 0 Å².